The molecule has 1 saturated heterocycles. The molecule has 3 heterocycles. The van der Waals surface area contributed by atoms with Crippen molar-refractivity contribution in [3.05, 3.63) is 18.6 Å². The maximum atomic E-state index is 9.00. The van der Waals surface area contributed by atoms with Crippen molar-refractivity contribution >= 4 is 16.9 Å². The van der Waals surface area contributed by atoms with Gasteiger partial charge < -0.3 is 14.6 Å². The molecule has 84 valence electrons. The topological polar surface area (TPSA) is 54.2 Å². The first-order chi connectivity index (χ1) is 7.79. The molecule has 5 heteroatoms. The van der Waals surface area contributed by atoms with Crippen LogP contribution >= 0.6 is 0 Å². The first-order valence-electron chi connectivity index (χ1n) is 5.41. The lowest BCUT2D eigenvalue weighted by Gasteiger charge is -2.39. The number of pyridine rings is 1. The Kier molecular flexibility index (Phi) is 2.07. The summed E-state index contributed by atoms with van der Waals surface area (Å²) in [4.78, 5) is 10.9. The van der Waals surface area contributed by atoms with Crippen molar-refractivity contribution in [1.29, 1.82) is 0 Å². The van der Waals surface area contributed by atoms with E-state index < -0.39 is 0 Å². The van der Waals surface area contributed by atoms with E-state index in [-0.39, 0.29) is 6.61 Å². The zero-order valence-electron chi connectivity index (χ0n) is 9.17. The van der Waals surface area contributed by atoms with Gasteiger partial charge in [-0.3, -0.25) is 0 Å². The van der Waals surface area contributed by atoms with Gasteiger partial charge >= 0.3 is 0 Å². The van der Waals surface area contributed by atoms with E-state index in [1.54, 1.807) is 6.33 Å². The summed E-state index contributed by atoms with van der Waals surface area (Å²) in [6, 6.07) is 1.97. The minimum atomic E-state index is 0.259. The molecule has 2 aromatic rings. The van der Waals surface area contributed by atoms with Crippen molar-refractivity contribution in [3.8, 4) is 0 Å². The number of aliphatic hydroxyl groups is 1. The van der Waals surface area contributed by atoms with Gasteiger partial charge in [0.1, 0.15) is 5.52 Å². The Morgan fingerprint density at radius 1 is 1.44 bits per heavy atom. The summed E-state index contributed by atoms with van der Waals surface area (Å²) >= 11 is 0. The van der Waals surface area contributed by atoms with Crippen molar-refractivity contribution in [2.45, 2.75) is 0 Å². The molecule has 0 radical (unpaired) electrons. The van der Waals surface area contributed by atoms with Crippen molar-refractivity contribution in [1.82, 2.24) is 14.5 Å². The molecule has 0 unspecified atom stereocenters. The highest BCUT2D eigenvalue weighted by molar-refractivity contribution is 5.86. The highest BCUT2D eigenvalue weighted by Crippen LogP contribution is 2.28. The van der Waals surface area contributed by atoms with Crippen molar-refractivity contribution in [2.24, 2.45) is 13.0 Å². The predicted octanol–water partition coefficient (Wildman–Crippen LogP) is 0.397. The van der Waals surface area contributed by atoms with E-state index in [1.165, 1.54) is 0 Å². The van der Waals surface area contributed by atoms with E-state index in [1.807, 2.05) is 23.9 Å². The first-order valence-corrected chi connectivity index (χ1v) is 5.41. The number of hydrogen-bond acceptors (Lipinski definition) is 4. The third-order valence-electron chi connectivity index (χ3n) is 3.14. The molecule has 0 spiro atoms. The number of hydrogen-bond donors (Lipinski definition) is 1. The molecule has 0 bridgehead atoms. The molecule has 2 aromatic heterocycles. The van der Waals surface area contributed by atoms with Crippen LogP contribution in [0, 0.1) is 5.92 Å². The predicted molar refractivity (Wildman–Crippen MR) is 61.3 cm³/mol. The summed E-state index contributed by atoms with van der Waals surface area (Å²) in [5.74, 6) is 1.32. The Morgan fingerprint density at radius 3 is 3.00 bits per heavy atom. The highest BCUT2D eigenvalue weighted by atomic mass is 16.3. The van der Waals surface area contributed by atoms with Crippen molar-refractivity contribution < 1.29 is 5.11 Å². The molecule has 5 nitrogen and oxygen atoms in total. The lowest BCUT2D eigenvalue weighted by molar-refractivity contribution is 0.200. The molecular weight excluding hydrogens is 204 g/mol. The molecule has 0 amide bonds. The number of nitrogens with zero attached hydrogens (tertiary/aromatic N) is 4. The molecule has 0 aliphatic carbocycles. The fourth-order valence-corrected chi connectivity index (χ4v) is 2.14. The molecule has 0 saturated carbocycles. The molecule has 1 fully saturated rings. The van der Waals surface area contributed by atoms with Gasteiger partial charge in [0.25, 0.3) is 0 Å². The molecule has 1 aliphatic heterocycles. The average molecular weight is 218 g/mol. The summed E-state index contributed by atoms with van der Waals surface area (Å²) in [6.07, 6.45) is 3.62. The first kappa shape index (κ1) is 9.59. The number of anilines is 1. The number of aryl methyl sites for hydroxylation is 1. The Labute approximate surface area is 93.3 Å². The van der Waals surface area contributed by atoms with Crippen LogP contribution < -0.4 is 4.90 Å². The Bertz CT molecular complexity index is 516. The van der Waals surface area contributed by atoms with E-state index in [9.17, 15) is 0 Å². The number of imidazole rings is 1. The molecule has 0 atom stereocenters. The standard InChI is InChI=1S/C11H14N4O/c1-14-7-13-10-9(14)2-3-12-11(10)15-4-8(5-15)6-16/h2-3,7-8,16H,4-6H2,1H3. The average Bonchev–Trinajstić information content (AvgIpc) is 2.60. The smallest absolute Gasteiger partial charge is 0.156 e. The highest BCUT2D eigenvalue weighted by Gasteiger charge is 2.28. The maximum Gasteiger partial charge on any atom is 0.156 e. The molecule has 0 aromatic carbocycles. The van der Waals surface area contributed by atoms with Crippen LogP contribution in [0.15, 0.2) is 18.6 Å². The number of rotatable bonds is 2. The molecular formula is C11H14N4O. The van der Waals surface area contributed by atoms with Gasteiger partial charge in [-0.1, -0.05) is 0 Å². The van der Waals surface area contributed by atoms with Crippen molar-refractivity contribution in [3.63, 3.8) is 0 Å². The number of fused-ring (bicyclic) bond motifs is 1. The van der Waals surface area contributed by atoms with Gasteiger partial charge in [-0.15, -0.1) is 0 Å². The lowest BCUT2D eigenvalue weighted by atomic mass is 10.0. The van der Waals surface area contributed by atoms with E-state index in [4.69, 9.17) is 5.11 Å². The van der Waals surface area contributed by atoms with Crippen LogP contribution in [-0.2, 0) is 7.05 Å². The second kappa shape index (κ2) is 3.45. The second-order valence-electron chi connectivity index (χ2n) is 4.31. The molecule has 1 aliphatic rings. The second-order valence-corrected chi connectivity index (χ2v) is 4.31. The number of aromatic nitrogens is 3. The minimum absolute atomic E-state index is 0.259. The van der Waals surface area contributed by atoms with E-state index >= 15 is 0 Å². The monoisotopic (exact) mass is 218 g/mol. The van der Waals surface area contributed by atoms with Gasteiger partial charge in [-0.2, -0.15) is 0 Å². The fraction of sp³-hybridized carbons (Fsp3) is 0.455. The van der Waals surface area contributed by atoms with Crippen LogP contribution in [0.1, 0.15) is 0 Å². The Balaban J connectivity index is 1.98. The minimum Gasteiger partial charge on any atom is -0.396 e. The zero-order chi connectivity index (χ0) is 11.1. The van der Waals surface area contributed by atoms with Gasteiger partial charge in [0, 0.05) is 38.9 Å². The van der Waals surface area contributed by atoms with Crippen LogP contribution in [0.4, 0.5) is 5.82 Å². The summed E-state index contributed by atoms with van der Waals surface area (Å²) in [6.45, 7) is 2.01. The Hall–Kier alpha value is -1.62. The van der Waals surface area contributed by atoms with Gasteiger partial charge in [0.2, 0.25) is 0 Å². The van der Waals surface area contributed by atoms with E-state index in [2.05, 4.69) is 14.9 Å². The summed E-state index contributed by atoms with van der Waals surface area (Å²) in [7, 11) is 1.98. The fourth-order valence-electron chi connectivity index (χ4n) is 2.14. The van der Waals surface area contributed by atoms with Crippen LogP contribution in [0.25, 0.3) is 11.0 Å². The third-order valence-corrected chi connectivity index (χ3v) is 3.14. The Morgan fingerprint density at radius 2 is 2.25 bits per heavy atom. The molecule has 3 rings (SSSR count). The largest absolute Gasteiger partial charge is 0.396 e. The van der Waals surface area contributed by atoms with E-state index in [0.717, 1.165) is 29.9 Å². The molecule has 16 heavy (non-hydrogen) atoms. The van der Waals surface area contributed by atoms with Crippen LogP contribution in [0.3, 0.4) is 0 Å². The van der Waals surface area contributed by atoms with Gasteiger partial charge in [0.05, 0.1) is 11.8 Å². The molecule has 1 N–H and O–H groups in total. The van der Waals surface area contributed by atoms with Crippen LogP contribution in [-0.4, -0.2) is 39.3 Å². The van der Waals surface area contributed by atoms with Crippen LogP contribution in [0.5, 0.6) is 0 Å². The van der Waals surface area contributed by atoms with Crippen LogP contribution in [0.2, 0.25) is 0 Å². The SMILES string of the molecule is Cn1cnc2c(N3CC(CO)C3)nccc21. The normalized spacial score (nSPS) is 16.8. The lowest BCUT2D eigenvalue weighted by Crippen LogP contribution is -2.48. The quantitative estimate of drug-likeness (QED) is 0.792. The van der Waals surface area contributed by atoms with Gasteiger partial charge in [-0.05, 0) is 6.07 Å². The zero-order valence-corrected chi connectivity index (χ0v) is 9.17. The summed E-state index contributed by atoms with van der Waals surface area (Å²) < 4.78 is 1.99. The maximum absolute atomic E-state index is 9.00. The van der Waals surface area contributed by atoms with Gasteiger partial charge in [0.15, 0.2) is 5.82 Å². The van der Waals surface area contributed by atoms with Crippen molar-refractivity contribution in [2.75, 3.05) is 24.6 Å². The summed E-state index contributed by atoms with van der Waals surface area (Å²) in [5, 5.41) is 9.00. The van der Waals surface area contributed by atoms with E-state index in [0.29, 0.717) is 5.92 Å². The summed E-state index contributed by atoms with van der Waals surface area (Å²) in [5.41, 5.74) is 2.04. The number of aliphatic hydroxyl groups excluding tert-OH is 1. The van der Waals surface area contributed by atoms with Gasteiger partial charge in [-0.25, -0.2) is 9.97 Å². The third kappa shape index (κ3) is 1.28.